The standard InChI is InChI=1S/C12H11ClN2O2/c13-9-3-11-12(17-7-16-11)4-10(9)15-6-8-1-2-14-5-8/h1-5,14-15H,6-7H2. The van der Waals surface area contributed by atoms with Crippen molar-refractivity contribution in [1.29, 1.82) is 0 Å². The molecule has 0 saturated heterocycles. The zero-order valence-corrected chi connectivity index (χ0v) is 9.75. The molecule has 0 fully saturated rings. The van der Waals surface area contributed by atoms with Gasteiger partial charge in [0.1, 0.15) is 0 Å². The van der Waals surface area contributed by atoms with Crippen LogP contribution in [0.3, 0.4) is 0 Å². The maximum atomic E-state index is 6.14. The highest BCUT2D eigenvalue weighted by atomic mass is 35.5. The Kier molecular flexibility index (Phi) is 2.57. The number of hydrogen-bond donors (Lipinski definition) is 2. The number of aromatic nitrogens is 1. The highest BCUT2D eigenvalue weighted by Crippen LogP contribution is 2.39. The lowest BCUT2D eigenvalue weighted by atomic mass is 10.2. The quantitative estimate of drug-likeness (QED) is 0.880. The van der Waals surface area contributed by atoms with Gasteiger partial charge in [-0.3, -0.25) is 0 Å². The van der Waals surface area contributed by atoms with E-state index in [1.807, 2.05) is 24.5 Å². The van der Waals surface area contributed by atoms with Gasteiger partial charge in [-0.15, -0.1) is 0 Å². The molecule has 1 aliphatic heterocycles. The maximum absolute atomic E-state index is 6.14. The minimum atomic E-state index is 0.257. The van der Waals surface area contributed by atoms with E-state index < -0.39 is 0 Å². The summed E-state index contributed by atoms with van der Waals surface area (Å²) in [6.07, 6.45) is 3.83. The van der Waals surface area contributed by atoms with Gasteiger partial charge in [-0.25, -0.2) is 0 Å². The fourth-order valence-corrected chi connectivity index (χ4v) is 1.94. The molecule has 3 rings (SSSR count). The number of hydrogen-bond acceptors (Lipinski definition) is 3. The van der Waals surface area contributed by atoms with Gasteiger partial charge in [0, 0.05) is 31.1 Å². The van der Waals surface area contributed by atoms with Crippen molar-refractivity contribution in [3.05, 3.63) is 41.2 Å². The number of halogens is 1. The SMILES string of the molecule is Clc1cc2c(cc1NCc1cc[nH]c1)OCO2. The van der Waals surface area contributed by atoms with Crippen LogP contribution in [-0.2, 0) is 6.54 Å². The molecule has 0 radical (unpaired) electrons. The molecule has 0 spiro atoms. The lowest BCUT2D eigenvalue weighted by molar-refractivity contribution is 0.174. The zero-order chi connectivity index (χ0) is 11.7. The van der Waals surface area contributed by atoms with Crippen molar-refractivity contribution in [2.75, 3.05) is 12.1 Å². The number of anilines is 1. The Morgan fingerprint density at radius 2 is 2.12 bits per heavy atom. The van der Waals surface area contributed by atoms with Gasteiger partial charge in [-0.05, 0) is 11.6 Å². The number of nitrogens with one attached hydrogen (secondary N) is 2. The molecule has 0 atom stereocenters. The number of aromatic amines is 1. The third-order valence-corrected chi connectivity index (χ3v) is 2.92. The summed E-state index contributed by atoms with van der Waals surface area (Å²) in [4.78, 5) is 3.00. The first-order valence-electron chi connectivity index (χ1n) is 5.27. The predicted octanol–water partition coefficient (Wildman–Crippen LogP) is 3.01. The summed E-state index contributed by atoms with van der Waals surface area (Å²) < 4.78 is 10.5. The fourth-order valence-electron chi connectivity index (χ4n) is 1.72. The van der Waals surface area contributed by atoms with Gasteiger partial charge in [-0.1, -0.05) is 11.6 Å². The summed E-state index contributed by atoms with van der Waals surface area (Å²) in [5.74, 6) is 1.42. The second-order valence-corrected chi connectivity index (χ2v) is 4.17. The number of benzene rings is 1. The second-order valence-electron chi connectivity index (χ2n) is 3.76. The maximum Gasteiger partial charge on any atom is 0.231 e. The Bertz CT molecular complexity index is 526. The highest BCUT2D eigenvalue weighted by Gasteiger charge is 2.16. The van der Waals surface area contributed by atoms with Crippen LogP contribution in [0, 0.1) is 0 Å². The lowest BCUT2D eigenvalue weighted by Gasteiger charge is -2.08. The van der Waals surface area contributed by atoms with E-state index >= 15 is 0 Å². The van der Waals surface area contributed by atoms with Gasteiger partial charge >= 0.3 is 0 Å². The smallest absolute Gasteiger partial charge is 0.231 e. The fraction of sp³-hybridized carbons (Fsp3) is 0.167. The van der Waals surface area contributed by atoms with Crippen LogP contribution in [0.25, 0.3) is 0 Å². The Morgan fingerprint density at radius 3 is 2.88 bits per heavy atom. The van der Waals surface area contributed by atoms with Gasteiger partial charge < -0.3 is 19.8 Å². The third-order valence-electron chi connectivity index (χ3n) is 2.61. The summed E-state index contributed by atoms with van der Waals surface area (Å²) in [7, 11) is 0. The molecule has 0 saturated carbocycles. The molecule has 1 aromatic heterocycles. The summed E-state index contributed by atoms with van der Waals surface area (Å²) in [5.41, 5.74) is 2.01. The largest absolute Gasteiger partial charge is 0.454 e. The van der Waals surface area contributed by atoms with Crippen molar-refractivity contribution in [3.63, 3.8) is 0 Å². The average Bonchev–Trinajstić information content (AvgIpc) is 2.95. The van der Waals surface area contributed by atoms with Gasteiger partial charge in [0.25, 0.3) is 0 Å². The van der Waals surface area contributed by atoms with Crippen LogP contribution in [0.4, 0.5) is 5.69 Å². The molecule has 0 unspecified atom stereocenters. The third kappa shape index (κ3) is 2.03. The van der Waals surface area contributed by atoms with Gasteiger partial charge in [0.15, 0.2) is 11.5 Å². The zero-order valence-electron chi connectivity index (χ0n) is 9.00. The summed E-state index contributed by atoms with van der Waals surface area (Å²) in [6.45, 7) is 0.968. The molecule has 1 aromatic carbocycles. The van der Waals surface area contributed by atoms with E-state index in [0.29, 0.717) is 17.3 Å². The molecule has 0 bridgehead atoms. The molecule has 2 aromatic rings. The molecule has 2 heterocycles. The van der Waals surface area contributed by atoms with E-state index in [1.165, 1.54) is 5.56 Å². The molecule has 0 amide bonds. The minimum Gasteiger partial charge on any atom is -0.454 e. The van der Waals surface area contributed by atoms with E-state index in [2.05, 4.69) is 10.3 Å². The molecular formula is C12H11ClN2O2. The first-order valence-corrected chi connectivity index (χ1v) is 5.65. The molecule has 2 N–H and O–H groups in total. The molecule has 1 aliphatic rings. The van der Waals surface area contributed by atoms with Gasteiger partial charge in [0.2, 0.25) is 6.79 Å². The van der Waals surface area contributed by atoms with Crippen molar-refractivity contribution in [2.45, 2.75) is 6.54 Å². The molecule has 5 heteroatoms. The Morgan fingerprint density at radius 1 is 1.29 bits per heavy atom. The highest BCUT2D eigenvalue weighted by molar-refractivity contribution is 6.33. The Balaban J connectivity index is 1.79. The first kappa shape index (κ1) is 10.4. The monoisotopic (exact) mass is 250 g/mol. The van der Waals surface area contributed by atoms with Crippen LogP contribution in [-0.4, -0.2) is 11.8 Å². The molecule has 88 valence electrons. The molecule has 0 aliphatic carbocycles. The summed E-state index contributed by atoms with van der Waals surface area (Å²) in [5, 5.41) is 3.89. The summed E-state index contributed by atoms with van der Waals surface area (Å²) in [6, 6.07) is 5.63. The Hall–Kier alpha value is -1.81. The number of rotatable bonds is 3. The van der Waals surface area contributed by atoms with E-state index in [9.17, 15) is 0 Å². The van der Waals surface area contributed by atoms with Crippen molar-refractivity contribution < 1.29 is 9.47 Å². The van der Waals surface area contributed by atoms with Crippen molar-refractivity contribution in [2.24, 2.45) is 0 Å². The topological polar surface area (TPSA) is 46.3 Å². The number of fused-ring (bicyclic) bond motifs is 1. The summed E-state index contributed by atoms with van der Waals surface area (Å²) >= 11 is 6.14. The van der Waals surface area contributed by atoms with Crippen LogP contribution in [0.15, 0.2) is 30.6 Å². The number of H-pyrrole nitrogens is 1. The molecular weight excluding hydrogens is 240 g/mol. The van der Waals surface area contributed by atoms with Crippen LogP contribution in [0.5, 0.6) is 11.5 Å². The molecule has 17 heavy (non-hydrogen) atoms. The average molecular weight is 251 g/mol. The van der Waals surface area contributed by atoms with Crippen molar-refractivity contribution in [3.8, 4) is 11.5 Å². The van der Waals surface area contributed by atoms with E-state index in [1.54, 1.807) is 6.07 Å². The predicted molar refractivity (Wildman–Crippen MR) is 65.7 cm³/mol. The minimum absolute atomic E-state index is 0.257. The van der Waals surface area contributed by atoms with E-state index in [0.717, 1.165) is 11.4 Å². The molecule has 4 nitrogen and oxygen atoms in total. The number of ether oxygens (including phenoxy) is 2. The second kappa shape index (κ2) is 4.22. The van der Waals surface area contributed by atoms with Crippen molar-refractivity contribution in [1.82, 2.24) is 4.98 Å². The lowest BCUT2D eigenvalue weighted by Crippen LogP contribution is -1.98. The first-order chi connectivity index (χ1) is 8.33. The van der Waals surface area contributed by atoms with Crippen LogP contribution >= 0.6 is 11.6 Å². The van der Waals surface area contributed by atoms with Crippen molar-refractivity contribution >= 4 is 17.3 Å². The van der Waals surface area contributed by atoms with E-state index in [4.69, 9.17) is 21.1 Å². The van der Waals surface area contributed by atoms with Crippen LogP contribution < -0.4 is 14.8 Å². The van der Waals surface area contributed by atoms with Crippen LogP contribution in [0.2, 0.25) is 5.02 Å². The van der Waals surface area contributed by atoms with Gasteiger partial charge in [0.05, 0.1) is 10.7 Å². The van der Waals surface area contributed by atoms with E-state index in [-0.39, 0.29) is 6.79 Å². The van der Waals surface area contributed by atoms with Crippen LogP contribution in [0.1, 0.15) is 5.56 Å². The van der Waals surface area contributed by atoms with Gasteiger partial charge in [-0.2, -0.15) is 0 Å². The Labute approximate surface area is 104 Å². The normalized spacial score (nSPS) is 12.8.